The van der Waals surface area contributed by atoms with Crippen LogP contribution in [0.25, 0.3) is 11.3 Å². The van der Waals surface area contributed by atoms with Crippen LogP contribution < -0.4 is 5.32 Å². The van der Waals surface area contributed by atoms with Crippen molar-refractivity contribution in [1.29, 1.82) is 0 Å². The van der Waals surface area contributed by atoms with Crippen LogP contribution >= 0.6 is 11.3 Å². The van der Waals surface area contributed by atoms with Crippen LogP contribution in [0.3, 0.4) is 0 Å². The Labute approximate surface area is 171 Å². The molecule has 0 radical (unpaired) electrons. The Kier molecular flexibility index (Phi) is 6.52. The number of hydrogen-bond acceptors (Lipinski definition) is 5. The Morgan fingerprint density at radius 2 is 1.93 bits per heavy atom. The first-order valence-corrected chi connectivity index (χ1v) is 12.0. The molecule has 0 bridgehead atoms. The molecule has 8 heteroatoms. The lowest BCUT2D eigenvalue weighted by Crippen LogP contribution is -2.37. The van der Waals surface area contributed by atoms with Gasteiger partial charge in [-0.1, -0.05) is 32.9 Å². The summed E-state index contributed by atoms with van der Waals surface area (Å²) in [6.45, 7) is 7.17. The number of piperidine rings is 1. The quantitative estimate of drug-likeness (QED) is 0.757. The predicted molar refractivity (Wildman–Crippen MR) is 113 cm³/mol. The van der Waals surface area contributed by atoms with Crippen molar-refractivity contribution in [2.75, 3.05) is 18.4 Å². The summed E-state index contributed by atoms with van der Waals surface area (Å²) >= 11 is 1.36. The van der Waals surface area contributed by atoms with Gasteiger partial charge in [0.05, 0.1) is 10.6 Å². The Hall–Kier alpha value is -1.77. The van der Waals surface area contributed by atoms with Crippen molar-refractivity contribution in [2.45, 2.75) is 44.9 Å². The molecular formula is C20H27N3O3S2. The highest BCUT2D eigenvalue weighted by atomic mass is 32.2. The van der Waals surface area contributed by atoms with E-state index in [0.717, 1.165) is 30.5 Å². The van der Waals surface area contributed by atoms with E-state index in [1.54, 1.807) is 28.6 Å². The number of carbonyl (C=O) groups is 1. The molecule has 1 unspecified atom stereocenters. The van der Waals surface area contributed by atoms with Crippen LogP contribution in [0.15, 0.2) is 34.5 Å². The van der Waals surface area contributed by atoms with Crippen LogP contribution in [0.5, 0.6) is 0 Å². The predicted octanol–water partition coefficient (Wildman–Crippen LogP) is 4.22. The SMILES string of the molecule is CCC(C)C(=O)Nc1nc(-c2ccc(S(=O)(=O)N3CCC(C)CC3)cc2)cs1. The largest absolute Gasteiger partial charge is 0.302 e. The molecule has 1 aliphatic heterocycles. The van der Waals surface area contributed by atoms with Gasteiger partial charge in [-0.05, 0) is 37.3 Å². The molecule has 1 saturated heterocycles. The minimum Gasteiger partial charge on any atom is -0.302 e. The molecule has 1 N–H and O–H groups in total. The summed E-state index contributed by atoms with van der Waals surface area (Å²) in [5.74, 6) is 0.476. The van der Waals surface area contributed by atoms with Crippen LogP contribution in [0, 0.1) is 11.8 Å². The van der Waals surface area contributed by atoms with E-state index < -0.39 is 10.0 Å². The van der Waals surface area contributed by atoms with Crippen molar-refractivity contribution in [3.63, 3.8) is 0 Å². The van der Waals surface area contributed by atoms with Gasteiger partial charge in [-0.2, -0.15) is 4.31 Å². The summed E-state index contributed by atoms with van der Waals surface area (Å²) in [5.41, 5.74) is 1.55. The molecule has 1 aromatic carbocycles. The van der Waals surface area contributed by atoms with Gasteiger partial charge in [0.1, 0.15) is 0 Å². The van der Waals surface area contributed by atoms with E-state index >= 15 is 0 Å². The third-order valence-electron chi connectivity index (χ3n) is 5.32. The molecule has 28 heavy (non-hydrogen) atoms. The van der Waals surface area contributed by atoms with Crippen molar-refractivity contribution in [2.24, 2.45) is 11.8 Å². The van der Waals surface area contributed by atoms with Crippen LogP contribution in [0.4, 0.5) is 5.13 Å². The molecular weight excluding hydrogens is 394 g/mol. The highest BCUT2D eigenvalue weighted by Gasteiger charge is 2.28. The van der Waals surface area contributed by atoms with E-state index in [1.807, 2.05) is 19.2 Å². The van der Waals surface area contributed by atoms with Gasteiger partial charge in [-0.3, -0.25) is 4.79 Å². The number of anilines is 1. The van der Waals surface area contributed by atoms with Gasteiger partial charge in [0.2, 0.25) is 15.9 Å². The first-order valence-electron chi connectivity index (χ1n) is 9.68. The van der Waals surface area contributed by atoms with E-state index in [9.17, 15) is 13.2 Å². The third kappa shape index (κ3) is 4.61. The molecule has 0 aliphatic carbocycles. The lowest BCUT2D eigenvalue weighted by Gasteiger charge is -2.29. The lowest BCUT2D eigenvalue weighted by atomic mass is 10.0. The fourth-order valence-corrected chi connectivity index (χ4v) is 5.24. The first-order chi connectivity index (χ1) is 13.3. The molecule has 1 amide bonds. The maximum Gasteiger partial charge on any atom is 0.243 e. The summed E-state index contributed by atoms with van der Waals surface area (Å²) in [5, 5.41) is 5.25. The molecule has 1 fully saturated rings. The van der Waals surface area contributed by atoms with Crippen molar-refractivity contribution in [3.8, 4) is 11.3 Å². The fraction of sp³-hybridized carbons (Fsp3) is 0.500. The smallest absolute Gasteiger partial charge is 0.243 e. The van der Waals surface area contributed by atoms with Crippen LogP contribution in [-0.2, 0) is 14.8 Å². The summed E-state index contributed by atoms with van der Waals surface area (Å²) in [6.07, 6.45) is 2.58. The zero-order valence-electron chi connectivity index (χ0n) is 16.5. The van der Waals surface area contributed by atoms with E-state index in [2.05, 4.69) is 17.2 Å². The molecule has 2 heterocycles. The number of aromatic nitrogens is 1. The van der Waals surface area contributed by atoms with Gasteiger partial charge in [-0.25, -0.2) is 13.4 Å². The van der Waals surface area contributed by atoms with Gasteiger partial charge in [0.15, 0.2) is 5.13 Å². The lowest BCUT2D eigenvalue weighted by molar-refractivity contribution is -0.119. The average molecular weight is 422 g/mol. The first kappa shape index (κ1) is 21.0. The standard InChI is InChI=1S/C20H27N3O3S2/c1-4-15(3)19(24)22-20-21-18(13-27-20)16-5-7-17(8-6-16)28(25,26)23-11-9-14(2)10-12-23/h5-8,13-15H,4,9-12H2,1-3H3,(H,21,22,24). The summed E-state index contributed by atoms with van der Waals surface area (Å²) in [4.78, 5) is 16.8. The average Bonchev–Trinajstić information content (AvgIpc) is 3.16. The number of hydrogen-bond donors (Lipinski definition) is 1. The number of amides is 1. The number of nitrogens with zero attached hydrogens (tertiary/aromatic N) is 2. The van der Waals surface area contributed by atoms with Gasteiger partial charge in [0, 0.05) is 30.0 Å². The number of benzene rings is 1. The zero-order valence-corrected chi connectivity index (χ0v) is 18.1. The maximum atomic E-state index is 12.8. The van der Waals surface area contributed by atoms with Crippen molar-refractivity contribution in [1.82, 2.24) is 9.29 Å². The van der Waals surface area contributed by atoms with Crippen molar-refractivity contribution < 1.29 is 13.2 Å². The number of carbonyl (C=O) groups excluding carboxylic acids is 1. The maximum absolute atomic E-state index is 12.8. The third-order valence-corrected chi connectivity index (χ3v) is 8.00. The second-order valence-corrected chi connectivity index (χ2v) is 10.2. The molecule has 3 rings (SSSR count). The Balaban J connectivity index is 1.72. The van der Waals surface area contributed by atoms with E-state index in [0.29, 0.717) is 29.0 Å². The summed E-state index contributed by atoms with van der Waals surface area (Å²) in [7, 11) is -3.45. The molecule has 6 nitrogen and oxygen atoms in total. The van der Waals surface area contributed by atoms with Crippen LogP contribution in [0.2, 0.25) is 0 Å². The number of sulfonamides is 1. The molecule has 0 spiro atoms. The van der Waals surface area contributed by atoms with Gasteiger partial charge >= 0.3 is 0 Å². The van der Waals surface area contributed by atoms with E-state index in [-0.39, 0.29) is 11.8 Å². The molecule has 152 valence electrons. The van der Waals surface area contributed by atoms with E-state index in [4.69, 9.17) is 0 Å². The fourth-order valence-electron chi connectivity index (χ4n) is 3.05. The second kappa shape index (κ2) is 8.71. The monoisotopic (exact) mass is 421 g/mol. The number of thiazole rings is 1. The Bertz CT molecular complexity index is 914. The Morgan fingerprint density at radius 3 is 2.54 bits per heavy atom. The van der Waals surface area contributed by atoms with Gasteiger partial charge < -0.3 is 5.32 Å². The topological polar surface area (TPSA) is 79.4 Å². The molecule has 1 atom stereocenters. The zero-order chi connectivity index (χ0) is 20.3. The van der Waals surface area contributed by atoms with Gasteiger partial charge in [-0.15, -0.1) is 11.3 Å². The van der Waals surface area contributed by atoms with Crippen molar-refractivity contribution >= 4 is 32.4 Å². The second-order valence-electron chi connectivity index (χ2n) is 7.45. The minimum absolute atomic E-state index is 0.0410. The molecule has 1 aliphatic rings. The highest BCUT2D eigenvalue weighted by molar-refractivity contribution is 7.89. The number of nitrogens with one attached hydrogen (secondary N) is 1. The minimum atomic E-state index is -3.45. The number of rotatable bonds is 6. The summed E-state index contributed by atoms with van der Waals surface area (Å²) in [6, 6.07) is 6.82. The van der Waals surface area contributed by atoms with E-state index in [1.165, 1.54) is 11.3 Å². The summed E-state index contributed by atoms with van der Waals surface area (Å²) < 4.78 is 27.2. The Morgan fingerprint density at radius 1 is 1.29 bits per heavy atom. The molecule has 2 aromatic rings. The van der Waals surface area contributed by atoms with Crippen LogP contribution in [-0.4, -0.2) is 36.7 Å². The van der Waals surface area contributed by atoms with Crippen LogP contribution in [0.1, 0.15) is 40.0 Å². The molecule has 0 saturated carbocycles. The van der Waals surface area contributed by atoms with Crippen molar-refractivity contribution in [3.05, 3.63) is 29.6 Å². The normalized spacial score (nSPS) is 17.4. The highest BCUT2D eigenvalue weighted by Crippen LogP contribution is 2.28. The molecule has 1 aromatic heterocycles. The van der Waals surface area contributed by atoms with Gasteiger partial charge in [0.25, 0.3) is 0 Å².